The predicted octanol–water partition coefficient (Wildman–Crippen LogP) is 2.96. The van der Waals surface area contributed by atoms with E-state index in [1.54, 1.807) is 0 Å². The van der Waals surface area contributed by atoms with E-state index in [1.165, 1.54) is 18.4 Å². The summed E-state index contributed by atoms with van der Waals surface area (Å²) in [7, 11) is 1.34. The molecule has 3 saturated carbocycles. The van der Waals surface area contributed by atoms with Crippen molar-refractivity contribution in [1.82, 2.24) is 4.90 Å². The van der Waals surface area contributed by atoms with Crippen LogP contribution >= 0.6 is 0 Å². The topological polar surface area (TPSA) is 110 Å². The number of methoxy groups -OCH3 is 1. The molecule has 2 aliphatic heterocycles. The Kier molecular flexibility index (Phi) is 7.25. The molecule has 8 heteroatoms. The Balaban J connectivity index is 1.31. The molecule has 1 unspecified atom stereocenters. The maximum atomic E-state index is 13.7. The van der Waals surface area contributed by atoms with Gasteiger partial charge in [0, 0.05) is 25.3 Å². The number of carbonyl (C=O) groups excluding carboxylic acids is 4. The molecule has 0 radical (unpaired) electrons. The minimum absolute atomic E-state index is 0.00620. The summed E-state index contributed by atoms with van der Waals surface area (Å²) in [6.45, 7) is 0.0708. The van der Waals surface area contributed by atoms with Crippen molar-refractivity contribution in [1.29, 1.82) is 0 Å². The first-order valence-electron chi connectivity index (χ1n) is 13.8. The van der Waals surface area contributed by atoms with Gasteiger partial charge in [-0.3, -0.25) is 19.2 Å². The molecule has 0 spiro atoms. The highest BCUT2D eigenvalue weighted by Gasteiger charge is 2.61. The number of allylic oxidation sites excluding steroid dienone is 2. The molecule has 2 heterocycles. The van der Waals surface area contributed by atoms with Gasteiger partial charge < -0.3 is 19.5 Å². The highest BCUT2D eigenvalue weighted by Crippen LogP contribution is 2.57. The molecular weight excluding hydrogens is 462 g/mol. The summed E-state index contributed by atoms with van der Waals surface area (Å²) in [5, 5.41) is 10.4. The minimum Gasteiger partial charge on any atom is -0.469 e. The number of amides is 1. The number of hydrogen-bond acceptors (Lipinski definition) is 7. The van der Waals surface area contributed by atoms with Gasteiger partial charge in [-0.1, -0.05) is 25.0 Å². The van der Waals surface area contributed by atoms with E-state index in [2.05, 4.69) is 6.08 Å². The van der Waals surface area contributed by atoms with Gasteiger partial charge in [0.25, 0.3) is 0 Å². The van der Waals surface area contributed by atoms with Crippen LogP contribution in [0, 0.1) is 29.1 Å². The monoisotopic (exact) mass is 501 g/mol. The highest BCUT2D eigenvalue weighted by atomic mass is 16.5. The van der Waals surface area contributed by atoms with E-state index < -0.39 is 29.4 Å². The van der Waals surface area contributed by atoms with Crippen molar-refractivity contribution in [2.75, 3.05) is 13.7 Å². The lowest BCUT2D eigenvalue weighted by Gasteiger charge is -2.29. The highest BCUT2D eigenvalue weighted by molar-refractivity contribution is 5.95. The molecule has 3 aliphatic carbocycles. The van der Waals surface area contributed by atoms with Crippen LogP contribution < -0.4 is 0 Å². The van der Waals surface area contributed by atoms with E-state index in [9.17, 15) is 24.3 Å². The van der Waals surface area contributed by atoms with Crippen LogP contribution in [0.1, 0.15) is 77.0 Å². The van der Waals surface area contributed by atoms with Crippen LogP contribution in [-0.4, -0.2) is 65.5 Å². The molecule has 1 amide bonds. The fraction of sp³-hybridized carbons (Fsp3) is 0.786. The molecule has 0 aromatic rings. The second-order valence-corrected chi connectivity index (χ2v) is 11.8. The van der Waals surface area contributed by atoms with E-state index in [-0.39, 0.29) is 55.5 Å². The average molecular weight is 502 g/mol. The first kappa shape index (κ1) is 25.4. The van der Waals surface area contributed by atoms with Crippen LogP contribution in [-0.2, 0) is 28.7 Å². The number of esters is 2. The molecule has 0 aromatic heterocycles. The number of aliphatic hydroxyl groups is 1. The molecule has 198 valence electrons. The van der Waals surface area contributed by atoms with Crippen LogP contribution in [0.25, 0.3) is 0 Å². The smallest absolute Gasteiger partial charge is 0.312 e. The lowest BCUT2D eigenvalue weighted by atomic mass is 9.91. The van der Waals surface area contributed by atoms with E-state index in [4.69, 9.17) is 9.47 Å². The van der Waals surface area contributed by atoms with Gasteiger partial charge >= 0.3 is 11.9 Å². The number of aliphatic hydroxyl groups excluding tert-OH is 1. The van der Waals surface area contributed by atoms with Gasteiger partial charge in [-0.05, 0) is 62.7 Å². The zero-order valence-electron chi connectivity index (χ0n) is 21.2. The molecule has 0 bridgehead atoms. The summed E-state index contributed by atoms with van der Waals surface area (Å²) in [5.74, 6) is -0.420. The van der Waals surface area contributed by atoms with Crippen molar-refractivity contribution in [2.24, 2.45) is 29.1 Å². The Morgan fingerprint density at radius 3 is 2.64 bits per heavy atom. The summed E-state index contributed by atoms with van der Waals surface area (Å²) >= 11 is 0. The van der Waals surface area contributed by atoms with Crippen LogP contribution in [0.4, 0.5) is 0 Å². The van der Waals surface area contributed by atoms with E-state index in [1.807, 2.05) is 6.08 Å². The normalized spacial score (nSPS) is 41.3. The molecule has 0 aromatic carbocycles. The Labute approximate surface area is 212 Å². The molecule has 5 rings (SSSR count). The standard InChI is InChI=1S/C28H39NO7/c1-35-27(34)28-14-20(28)8-6-4-2-3-5-7-17(12-25(32)36-22-10-18-9-19(18)11-22)26(33)29-16-21(30)13-23(29)24(31)15-28/h6,8,17-23,30H,2-5,7,9-16H2,1H3/b8-6-/t17-,18-,19+,20-,21+,22?,23+,28-/m1/s1. The predicted molar refractivity (Wildman–Crippen MR) is 129 cm³/mol. The van der Waals surface area contributed by atoms with Gasteiger partial charge in [-0.15, -0.1) is 0 Å². The Morgan fingerprint density at radius 1 is 1.11 bits per heavy atom. The summed E-state index contributed by atoms with van der Waals surface area (Å²) in [6.07, 6.45) is 11.2. The number of carbonyl (C=O) groups is 4. The van der Waals surface area contributed by atoms with Gasteiger partial charge in [0.05, 0.1) is 31.1 Å². The molecule has 8 atom stereocenters. The maximum absolute atomic E-state index is 13.7. The number of ketones is 1. The largest absolute Gasteiger partial charge is 0.469 e. The maximum Gasteiger partial charge on any atom is 0.312 e. The van der Waals surface area contributed by atoms with Crippen LogP contribution in [0.3, 0.4) is 0 Å². The second-order valence-electron chi connectivity index (χ2n) is 11.8. The second kappa shape index (κ2) is 10.3. The number of rotatable bonds is 4. The van der Waals surface area contributed by atoms with Crippen molar-refractivity contribution in [3.05, 3.63) is 12.2 Å². The van der Waals surface area contributed by atoms with Gasteiger partial charge in [0.1, 0.15) is 6.10 Å². The van der Waals surface area contributed by atoms with Crippen molar-refractivity contribution in [2.45, 2.75) is 95.3 Å². The van der Waals surface area contributed by atoms with Gasteiger partial charge in [-0.2, -0.15) is 0 Å². The quantitative estimate of drug-likeness (QED) is 0.466. The lowest BCUT2D eigenvalue weighted by Crippen LogP contribution is -2.45. The van der Waals surface area contributed by atoms with Crippen LogP contribution in [0.5, 0.6) is 0 Å². The number of ether oxygens (including phenoxy) is 2. The fourth-order valence-corrected chi connectivity index (χ4v) is 6.92. The molecule has 4 fully saturated rings. The first-order chi connectivity index (χ1) is 17.3. The Bertz CT molecular complexity index is 921. The number of nitrogens with zero attached hydrogens (tertiary/aromatic N) is 1. The molecule has 36 heavy (non-hydrogen) atoms. The Morgan fingerprint density at radius 2 is 1.89 bits per heavy atom. The minimum atomic E-state index is -0.879. The van der Waals surface area contributed by atoms with Gasteiger partial charge in [-0.25, -0.2) is 0 Å². The van der Waals surface area contributed by atoms with Crippen molar-refractivity contribution in [3.8, 4) is 0 Å². The Hall–Kier alpha value is -2.22. The zero-order chi connectivity index (χ0) is 25.4. The van der Waals surface area contributed by atoms with Crippen LogP contribution in [0.15, 0.2) is 12.2 Å². The molecule has 1 N–H and O–H groups in total. The molecule has 1 saturated heterocycles. The summed E-state index contributed by atoms with van der Waals surface area (Å²) < 4.78 is 10.8. The van der Waals surface area contributed by atoms with Crippen molar-refractivity contribution in [3.63, 3.8) is 0 Å². The molecule has 5 aliphatic rings. The number of hydrogen-bond donors (Lipinski definition) is 1. The first-order valence-corrected chi connectivity index (χ1v) is 13.8. The fourth-order valence-electron chi connectivity index (χ4n) is 6.92. The average Bonchev–Trinajstić information content (AvgIpc) is 3.65. The number of fused-ring (bicyclic) bond motifs is 3. The van der Waals surface area contributed by atoms with E-state index >= 15 is 0 Å². The van der Waals surface area contributed by atoms with E-state index in [0.717, 1.165) is 38.5 Å². The van der Waals surface area contributed by atoms with Crippen molar-refractivity contribution < 1.29 is 33.8 Å². The zero-order valence-corrected chi connectivity index (χ0v) is 21.2. The molecule has 8 nitrogen and oxygen atoms in total. The third-order valence-corrected chi connectivity index (χ3v) is 9.20. The molecular formula is C28H39NO7. The third-order valence-electron chi connectivity index (χ3n) is 9.20. The summed E-state index contributed by atoms with van der Waals surface area (Å²) in [6, 6.07) is -0.787. The summed E-state index contributed by atoms with van der Waals surface area (Å²) in [5.41, 5.74) is -0.879. The van der Waals surface area contributed by atoms with E-state index in [0.29, 0.717) is 24.7 Å². The van der Waals surface area contributed by atoms with Gasteiger partial charge in [0.2, 0.25) is 5.91 Å². The lowest BCUT2D eigenvalue weighted by molar-refractivity contribution is -0.155. The van der Waals surface area contributed by atoms with Gasteiger partial charge in [0.15, 0.2) is 5.78 Å². The third kappa shape index (κ3) is 5.24. The van der Waals surface area contributed by atoms with Crippen molar-refractivity contribution >= 4 is 23.6 Å². The summed E-state index contributed by atoms with van der Waals surface area (Å²) in [4.78, 5) is 54.1. The van der Waals surface area contributed by atoms with Crippen LogP contribution in [0.2, 0.25) is 0 Å². The number of Topliss-reactive ketones (excluding diaryl/α,β-unsaturated/α-hetero) is 1. The SMILES string of the molecule is COC(=O)[C@]12CC(=O)[C@@H]3C[C@H](O)CN3C(=O)[C@@H](CC(=O)OC3C[C@@H]4C[C@@H]4C3)CCCCC/C=C\[C@@H]1C2.